The van der Waals surface area contributed by atoms with Crippen LogP contribution in [0.5, 0.6) is 5.75 Å². The first-order valence-electron chi connectivity index (χ1n) is 14.2. The second kappa shape index (κ2) is 13.5. The highest BCUT2D eigenvalue weighted by Crippen LogP contribution is 2.31. The third kappa shape index (κ3) is 6.83. The Morgan fingerprint density at radius 2 is 1.81 bits per heavy atom. The number of ether oxygens (including phenoxy) is 1. The Kier molecular flexibility index (Phi) is 10.0. The van der Waals surface area contributed by atoms with E-state index in [0.717, 1.165) is 29.3 Å². The van der Waals surface area contributed by atoms with Gasteiger partial charge in [-0.25, -0.2) is 17.9 Å². The molecule has 12 heteroatoms. The molecule has 0 amide bonds. The van der Waals surface area contributed by atoms with Crippen molar-refractivity contribution in [3.8, 4) is 17.1 Å². The topological polar surface area (TPSA) is 133 Å². The highest BCUT2D eigenvalue weighted by Gasteiger charge is 2.26. The number of aromatic nitrogens is 4. The quantitative estimate of drug-likeness (QED) is 0.211. The number of sulfonamides is 1. The lowest BCUT2D eigenvalue weighted by atomic mass is 10.2. The van der Waals surface area contributed by atoms with E-state index in [-0.39, 0.29) is 29.4 Å². The molecule has 4 rings (SSSR count). The molecule has 1 atom stereocenters. The van der Waals surface area contributed by atoms with E-state index in [1.807, 2.05) is 49.2 Å². The number of imidazole rings is 1. The number of aryl methyl sites for hydroxylation is 2. The van der Waals surface area contributed by atoms with E-state index in [1.165, 1.54) is 19.2 Å². The maximum absolute atomic E-state index is 13.6. The van der Waals surface area contributed by atoms with Crippen molar-refractivity contribution in [2.24, 2.45) is 0 Å². The van der Waals surface area contributed by atoms with Crippen molar-refractivity contribution in [3.63, 3.8) is 0 Å². The van der Waals surface area contributed by atoms with Gasteiger partial charge in [-0.3, -0.25) is 4.79 Å². The lowest BCUT2D eigenvalue weighted by molar-refractivity contribution is 0.159. The maximum Gasteiger partial charge on any atom is 0.277 e. The van der Waals surface area contributed by atoms with E-state index in [4.69, 9.17) is 9.84 Å². The number of hydrogen-bond donors (Lipinski definition) is 2. The number of benzene rings is 2. The van der Waals surface area contributed by atoms with Gasteiger partial charge in [-0.2, -0.15) is 4.31 Å². The minimum Gasteiger partial charge on any atom is -0.493 e. The molecular formula is C30H40N6O5S. The Morgan fingerprint density at radius 3 is 2.50 bits per heavy atom. The molecule has 11 nitrogen and oxygen atoms in total. The summed E-state index contributed by atoms with van der Waals surface area (Å²) in [7, 11) is -0.737. The van der Waals surface area contributed by atoms with E-state index in [2.05, 4.69) is 16.9 Å². The molecule has 2 aromatic carbocycles. The summed E-state index contributed by atoms with van der Waals surface area (Å²) >= 11 is 0. The molecule has 0 saturated heterocycles. The van der Waals surface area contributed by atoms with Crippen LogP contribution in [0.2, 0.25) is 0 Å². The number of aromatic amines is 1. The standard InChI is InChI=1S/C30H40N6O5S/c1-6-8-10-15-27-31-21(3)28-30(38)32-29(33-36(27)28)25-18-24(16-17-26(25)41-7-2)42(39,40)35(5)20-23(37)19-34(4)22-13-11-9-12-14-22/h9,11-14,16-18,23,37H,6-8,10,15,19-20H2,1-5H3,(H,32,33,38). The van der Waals surface area contributed by atoms with E-state index >= 15 is 0 Å². The zero-order valence-corrected chi connectivity index (χ0v) is 25.7. The van der Waals surface area contributed by atoms with Crippen molar-refractivity contribution in [2.45, 2.75) is 57.5 Å². The number of hydrogen-bond acceptors (Lipinski definition) is 8. The minimum atomic E-state index is -4.01. The van der Waals surface area contributed by atoms with Gasteiger partial charge in [0.05, 0.1) is 28.9 Å². The third-order valence-electron chi connectivity index (χ3n) is 7.11. The van der Waals surface area contributed by atoms with Gasteiger partial charge in [0.1, 0.15) is 11.6 Å². The van der Waals surface area contributed by atoms with Crippen LogP contribution in [0.3, 0.4) is 0 Å². The van der Waals surface area contributed by atoms with Gasteiger partial charge < -0.3 is 19.7 Å². The van der Waals surface area contributed by atoms with Crippen molar-refractivity contribution in [1.29, 1.82) is 0 Å². The molecule has 0 aliphatic rings. The summed E-state index contributed by atoms with van der Waals surface area (Å²) in [6.45, 7) is 6.18. The molecule has 0 saturated carbocycles. The Hall–Kier alpha value is -3.74. The second-order valence-electron chi connectivity index (χ2n) is 10.4. The zero-order chi connectivity index (χ0) is 30.4. The molecule has 2 heterocycles. The fourth-order valence-electron chi connectivity index (χ4n) is 4.92. The molecule has 226 valence electrons. The summed E-state index contributed by atoms with van der Waals surface area (Å²) in [4.78, 5) is 22.4. The Morgan fingerprint density at radius 1 is 1.07 bits per heavy atom. The Labute approximate surface area is 246 Å². The summed E-state index contributed by atoms with van der Waals surface area (Å²) in [6, 6.07) is 14.0. The average molecular weight is 597 g/mol. The average Bonchev–Trinajstić information content (AvgIpc) is 3.29. The first-order chi connectivity index (χ1) is 20.1. The fraction of sp³-hybridized carbons (Fsp3) is 0.433. The molecule has 0 spiro atoms. The smallest absolute Gasteiger partial charge is 0.277 e. The van der Waals surface area contributed by atoms with Crippen LogP contribution >= 0.6 is 0 Å². The van der Waals surface area contributed by atoms with Crippen LogP contribution in [0, 0.1) is 6.92 Å². The van der Waals surface area contributed by atoms with Crippen LogP contribution in [-0.4, -0.2) is 77.3 Å². The van der Waals surface area contributed by atoms with Crippen molar-refractivity contribution in [3.05, 3.63) is 70.4 Å². The number of likely N-dealkylation sites (N-methyl/N-ethyl adjacent to an activating group) is 2. The molecule has 2 aromatic heterocycles. The normalized spacial score (nSPS) is 12.6. The number of nitrogens with one attached hydrogen (secondary N) is 1. The molecule has 4 aromatic rings. The van der Waals surface area contributed by atoms with Crippen molar-refractivity contribution in [1.82, 2.24) is 23.9 Å². The Balaban J connectivity index is 1.66. The predicted octanol–water partition coefficient (Wildman–Crippen LogP) is 3.64. The van der Waals surface area contributed by atoms with Gasteiger partial charge >= 0.3 is 0 Å². The summed E-state index contributed by atoms with van der Waals surface area (Å²) in [5, 5.41) is 15.4. The number of aliphatic hydroxyl groups is 1. The van der Waals surface area contributed by atoms with Crippen molar-refractivity contribution in [2.75, 3.05) is 38.7 Å². The number of H-pyrrole nitrogens is 1. The van der Waals surface area contributed by atoms with Crippen LogP contribution in [0.1, 0.15) is 44.6 Å². The van der Waals surface area contributed by atoms with Crippen LogP contribution < -0.4 is 15.2 Å². The van der Waals surface area contributed by atoms with Gasteiger partial charge in [0.25, 0.3) is 5.56 Å². The maximum atomic E-state index is 13.6. The van der Waals surface area contributed by atoms with Gasteiger partial charge in [-0.05, 0) is 50.6 Å². The molecular weight excluding hydrogens is 556 g/mol. The van der Waals surface area contributed by atoms with E-state index < -0.39 is 16.1 Å². The van der Waals surface area contributed by atoms with Gasteiger partial charge in [0, 0.05) is 39.3 Å². The van der Waals surface area contributed by atoms with Crippen molar-refractivity contribution < 1.29 is 18.3 Å². The minimum absolute atomic E-state index is 0.0141. The molecule has 1 unspecified atom stereocenters. The molecule has 42 heavy (non-hydrogen) atoms. The monoisotopic (exact) mass is 596 g/mol. The van der Waals surface area contributed by atoms with Crippen LogP contribution in [-0.2, 0) is 16.4 Å². The largest absolute Gasteiger partial charge is 0.493 e. The predicted molar refractivity (Wildman–Crippen MR) is 164 cm³/mol. The van der Waals surface area contributed by atoms with Gasteiger partial charge in [-0.15, -0.1) is 5.10 Å². The van der Waals surface area contributed by atoms with Gasteiger partial charge in [-0.1, -0.05) is 38.0 Å². The summed E-state index contributed by atoms with van der Waals surface area (Å²) < 4.78 is 35.7. The number of aliphatic hydroxyl groups excluding tert-OH is 1. The number of rotatable bonds is 14. The third-order valence-corrected chi connectivity index (χ3v) is 8.93. The van der Waals surface area contributed by atoms with E-state index in [9.17, 15) is 18.3 Å². The molecule has 2 N–H and O–H groups in total. The summed E-state index contributed by atoms with van der Waals surface area (Å²) in [5.41, 5.74) is 1.83. The fourth-order valence-corrected chi connectivity index (χ4v) is 6.16. The Bertz CT molecular complexity index is 1670. The van der Waals surface area contributed by atoms with Crippen LogP contribution in [0.4, 0.5) is 5.69 Å². The van der Waals surface area contributed by atoms with Gasteiger partial charge in [0.15, 0.2) is 11.3 Å². The van der Waals surface area contributed by atoms with E-state index in [0.29, 0.717) is 41.4 Å². The summed E-state index contributed by atoms with van der Waals surface area (Å²) in [5.74, 6) is 1.24. The number of para-hydroxylation sites is 1. The lowest BCUT2D eigenvalue weighted by Gasteiger charge is -2.26. The molecule has 0 aliphatic heterocycles. The molecule has 0 radical (unpaired) electrons. The number of nitrogens with zero attached hydrogens (tertiary/aromatic N) is 5. The van der Waals surface area contributed by atoms with E-state index in [1.54, 1.807) is 17.5 Å². The molecule has 0 fully saturated rings. The number of fused-ring (bicyclic) bond motifs is 1. The number of anilines is 1. The highest BCUT2D eigenvalue weighted by atomic mass is 32.2. The van der Waals surface area contributed by atoms with Crippen molar-refractivity contribution >= 4 is 21.2 Å². The molecule has 0 aliphatic carbocycles. The highest BCUT2D eigenvalue weighted by molar-refractivity contribution is 7.89. The molecule has 0 bridgehead atoms. The SMILES string of the molecule is CCCCCc1nc(C)c2c(=O)[nH]c(-c3cc(S(=O)(=O)N(C)CC(O)CN(C)c4ccccc4)ccc3OCC)nn12. The first kappa shape index (κ1) is 31.2. The first-order valence-corrected chi connectivity index (χ1v) is 15.7. The summed E-state index contributed by atoms with van der Waals surface area (Å²) in [6.07, 6.45) is 2.72. The van der Waals surface area contributed by atoms with Crippen LogP contribution in [0.25, 0.3) is 16.9 Å². The lowest BCUT2D eigenvalue weighted by Crippen LogP contribution is -2.40. The number of unbranched alkanes of at least 4 members (excludes halogenated alkanes) is 2. The van der Waals surface area contributed by atoms with Gasteiger partial charge in [0.2, 0.25) is 10.0 Å². The zero-order valence-electron chi connectivity index (χ0n) is 24.9. The second-order valence-corrected chi connectivity index (χ2v) is 12.4. The van der Waals surface area contributed by atoms with Crippen LogP contribution in [0.15, 0.2) is 58.2 Å².